The van der Waals surface area contributed by atoms with Gasteiger partial charge in [-0.25, -0.2) is 0 Å². The van der Waals surface area contributed by atoms with Gasteiger partial charge in [0.15, 0.2) is 0 Å². The summed E-state index contributed by atoms with van der Waals surface area (Å²) in [4.78, 5) is 23.1. The largest absolute Gasteiger partial charge is 0.355 e. The van der Waals surface area contributed by atoms with Crippen LogP contribution in [-0.2, 0) is 9.59 Å². The van der Waals surface area contributed by atoms with Gasteiger partial charge in [0.05, 0.1) is 6.04 Å². The zero-order valence-electron chi connectivity index (χ0n) is 21.0. The molecular weight excluding hydrogens is 462 g/mol. The van der Waals surface area contributed by atoms with E-state index in [1.54, 1.807) is 28.5 Å². The first-order valence-electron chi connectivity index (χ1n) is 12.4. The van der Waals surface area contributed by atoms with E-state index in [0.717, 1.165) is 56.5 Å². The molecule has 0 rings (SSSR count). The predicted octanol–water partition coefficient (Wildman–Crippen LogP) is 5.87. The van der Waals surface area contributed by atoms with Crippen LogP contribution in [0.25, 0.3) is 0 Å². The number of rotatable bonds is 21. The molecule has 1 atom stereocenters. The molecule has 0 unspecified atom stereocenters. The van der Waals surface area contributed by atoms with E-state index in [1.807, 2.05) is 0 Å². The lowest BCUT2D eigenvalue weighted by molar-refractivity contribution is -0.122. The van der Waals surface area contributed by atoms with Crippen LogP contribution in [0.1, 0.15) is 65.2 Å². The third-order valence-corrected chi connectivity index (χ3v) is 6.83. The molecule has 2 amide bonds. The predicted molar refractivity (Wildman–Crippen MR) is 153 cm³/mol. The summed E-state index contributed by atoms with van der Waals surface area (Å²) >= 11 is 0. The third kappa shape index (κ3) is 24.9. The Morgan fingerprint density at radius 1 is 0.765 bits per heavy atom. The number of carbonyl (C=O) groups excluding carboxylic acids is 2. The highest BCUT2D eigenvalue weighted by Crippen LogP contribution is 2.19. The molecular formula is C27H45N3O2S2. The highest BCUT2D eigenvalue weighted by atomic mass is 33.1. The quantitative estimate of drug-likeness (QED) is 0.103. The maximum atomic E-state index is 11.8. The van der Waals surface area contributed by atoms with Gasteiger partial charge < -0.3 is 16.4 Å². The normalized spacial score (nSPS) is 13.1. The van der Waals surface area contributed by atoms with Crippen LogP contribution in [0.2, 0.25) is 0 Å². The number of allylic oxidation sites excluding steroid dienone is 10. The van der Waals surface area contributed by atoms with Gasteiger partial charge in [0.25, 0.3) is 0 Å². The van der Waals surface area contributed by atoms with E-state index in [-0.39, 0.29) is 11.8 Å². The Kier molecular flexibility index (Phi) is 24.6. The Labute approximate surface area is 215 Å². The molecule has 0 aromatic heterocycles. The number of amides is 2. The molecule has 0 heterocycles. The highest BCUT2D eigenvalue weighted by Gasteiger charge is 2.05. The summed E-state index contributed by atoms with van der Waals surface area (Å²) in [6.45, 7) is 5.10. The van der Waals surface area contributed by atoms with Gasteiger partial charge in [0, 0.05) is 31.0 Å². The van der Waals surface area contributed by atoms with Crippen LogP contribution in [0.4, 0.5) is 0 Å². The van der Waals surface area contributed by atoms with E-state index in [2.05, 4.69) is 78.3 Å². The molecule has 34 heavy (non-hydrogen) atoms. The molecule has 0 aliphatic heterocycles. The summed E-state index contributed by atoms with van der Waals surface area (Å²) in [7, 11) is 3.38. The molecule has 0 aromatic carbocycles. The molecule has 7 heteroatoms. The summed E-state index contributed by atoms with van der Waals surface area (Å²) in [6, 6.07) is -0.464. The van der Waals surface area contributed by atoms with Crippen LogP contribution < -0.4 is 16.4 Å². The average molecular weight is 508 g/mol. The van der Waals surface area contributed by atoms with Crippen molar-refractivity contribution in [1.82, 2.24) is 10.6 Å². The van der Waals surface area contributed by atoms with E-state index < -0.39 is 6.04 Å². The van der Waals surface area contributed by atoms with Gasteiger partial charge in [-0.2, -0.15) is 0 Å². The van der Waals surface area contributed by atoms with Gasteiger partial charge in [0.1, 0.15) is 0 Å². The van der Waals surface area contributed by atoms with Gasteiger partial charge in [-0.15, -0.1) is 0 Å². The van der Waals surface area contributed by atoms with Gasteiger partial charge >= 0.3 is 0 Å². The number of hydrogen-bond acceptors (Lipinski definition) is 5. The fraction of sp³-hybridized carbons (Fsp3) is 0.556. The summed E-state index contributed by atoms with van der Waals surface area (Å²) in [6.07, 6.45) is 29.3. The maximum Gasteiger partial charge on any atom is 0.236 e. The lowest BCUT2D eigenvalue weighted by atomic mass is 10.2. The van der Waals surface area contributed by atoms with Crippen LogP contribution >= 0.6 is 21.6 Å². The summed E-state index contributed by atoms with van der Waals surface area (Å²) in [5, 5.41) is 5.73. The summed E-state index contributed by atoms with van der Waals surface area (Å²) < 4.78 is 0. The van der Waals surface area contributed by atoms with Crippen molar-refractivity contribution in [2.45, 2.75) is 71.3 Å². The second kappa shape index (κ2) is 25.9. The molecule has 5 nitrogen and oxygen atoms in total. The lowest BCUT2D eigenvalue weighted by Gasteiger charge is -2.07. The molecule has 0 spiro atoms. The highest BCUT2D eigenvalue weighted by molar-refractivity contribution is 8.76. The SMILES string of the molecule is CCC=CCC=CCC=CCC=CCC=CCCCC(=O)NCCSSCCNC(=O)[C@H](C)N. The van der Waals surface area contributed by atoms with Crippen LogP contribution in [0, 0.1) is 0 Å². The Bertz CT molecular complexity index is 656. The summed E-state index contributed by atoms with van der Waals surface area (Å²) in [5.41, 5.74) is 5.48. The first-order chi connectivity index (χ1) is 16.6. The van der Waals surface area contributed by atoms with Gasteiger partial charge in [-0.1, -0.05) is 89.3 Å². The number of nitrogens with one attached hydrogen (secondary N) is 2. The van der Waals surface area contributed by atoms with Gasteiger partial charge in [0.2, 0.25) is 11.8 Å². The maximum absolute atomic E-state index is 11.8. The second-order valence-corrected chi connectivity index (χ2v) is 10.4. The Hall–Kier alpha value is -1.70. The van der Waals surface area contributed by atoms with Crippen molar-refractivity contribution in [3.05, 3.63) is 60.8 Å². The molecule has 0 saturated carbocycles. The summed E-state index contributed by atoms with van der Waals surface area (Å²) in [5.74, 6) is 1.67. The molecule has 192 valence electrons. The van der Waals surface area contributed by atoms with Crippen LogP contribution in [0.15, 0.2) is 60.8 Å². The minimum atomic E-state index is -0.464. The minimum Gasteiger partial charge on any atom is -0.355 e. The van der Waals surface area contributed by atoms with Crippen LogP contribution in [0.5, 0.6) is 0 Å². The monoisotopic (exact) mass is 507 g/mol. The first kappa shape index (κ1) is 32.3. The van der Waals surface area contributed by atoms with E-state index in [0.29, 0.717) is 19.5 Å². The smallest absolute Gasteiger partial charge is 0.236 e. The van der Waals surface area contributed by atoms with Crippen molar-refractivity contribution >= 4 is 33.4 Å². The molecule has 0 radical (unpaired) electrons. The van der Waals surface area contributed by atoms with Crippen molar-refractivity contribution in [2.75, 3.05) is 24.6 Å². The standard InChI is InChI=1S/C27H45N3O2S2/c1-3-4-5-6-7-8-9-10-11-12-13-14-15-16-17-18-19-20-26(31)29-21-23-33-34-24-22-30-27(32)25(2)28/h4-5,7-8,10-11,13-14,16-17,25H,3,6,9,12,15,18-24,28H2,1-2H3,(H,29,31)(H,30,32)/t25-/m0/s1. The van der Waals surface area contributed by atoms with Crippen molar-refractivity contribution in [3.8, 4) is 0 Å². The lowest BCUT2D eigenvalue weighted by Crippen LogP contribution is -2.39. The zero-order chi connectivity index (χ0) is 25.1. The Morgan fingerprint density at radius 3 is 1.74 bits per heavy atom. The Morgan fingerprint density at radius 2 is 1.24 bits per heavy atom. The molecule has 0 aliphatic rings. The van der Waals surface area contributed by atoms with Crippen molar-refractivity contribution in [2.24, 2.45) is 5.73 Å². The van der Waals surface area contributed by atoms with Crippen LogP contribution in [-0.4, -0.2) is 42.5 Å². The molecule has 4 N–H and O–H groups in total. The topological polar surface area (TPSA) is 84.2 Å². The van der Waals surface area contributed by atoms with Gasteiger partial charge in [-0.3, -0.25) is 9.59 Å². The van der Waals surface area contributed by atoms with Gasteiger partial charge in [-0.05, 0) is 51.9 Å². The minimum absolute atomic E-state index is 0.113. The van der Waals surface area contributed by atoms with Crippen molar-refractivity contribution < 1.29 is 9.59 Å². The number of unbranched alkanes of at least 4 members (excludes halogenated alkanes) is 1. The molecule has 0 fully saturated rings. The third-order valence-electron chi connectivity index (χ3n) is 4.42. The average Bonchev–Trinajstić information content (AvgIpc) is 2.82. The number of hydrogen-bond donors (Lipinski definition) is 3. The molecule has 0 aromatic rings. The Balaban J connectivity index is 3.48. The van der Waals surface area contributed by atoms with E-state index in [9.17, 15) is 9.59 Å². The van der Waals surface area contributed by atoms with Crippen molar-refractivity contribution in [3.63, 3.8) is 0 Å². The zero-order valence-corrected chi connectivity index (χ0v) is 22.7. The first-order valence-corrected chi connectivity index (χ1v) is 14.9. The molecule has 0 bridgehead atoms. The second-order valence-electron chi connectivity index (χ2n) is 7.67. The fourth-order valence-electron chi connectivity index (χ4n) is 2.56. The van der Waals surface area contributed by atoms with Crippen LogP contribution in [0.3, 0.4) is 0 Å². The number of nitrogens with two attached hydrogens (primary N) is 1. The van der Waals surface area contributed by atoms with E-state index in [4.69, 9.17) is 5.73 Å². The fourth-order valence-corrected chi connectivity index (χ4v) is 4.38. The molecule has 0 aliphatic carbocycles. The number of carbonyl (C=O) groups is 2. The van der Waals surface area contributed by atoms with Crippen molar-refractivity contribution in [1.29, 1.82) is 0 Å². The molecule has 0 saturated heterocycles. The van der Waals surface area contributed by atoms with E-state index in [1.165, 1.54) is 0 Å². The van der Waals surface area contributed by atoms with E-state index >= 15 is 0 Å².